The average Bonchev–Trinajstić information content (AvgIpc) is 3.33. The van der Waals surface area contributed by atoms with Gasteiger partial charge in [-0.3, -0.25) is 0 Å². The molecule has 0 unspecified atom stereocenters. The van der Waals surface area contributed by atoms with E-state index in [2.05, 4.69) is 66.2 Å². The lowest BCUT2D eigenvalue weighted by Crippen LogP contribution is -2.81. The number of benzene rings is 5. The molecule has 0 aliphatic carbocycles. The molecule has 1 aromatic heterocycles. The first-order valence-corrected chi connectivity index (χ1v) is 20.3. The zero-order valence-electron chi connectivity index (χ0n) is 34.9. The highest BCUT2D eigenvalue weighted by atomic mass is 19.2. The van der Waals surface area contributed by atoms with Crippen molar-refractivity contribution in [1.82, 2.24) is 0 Å². The lowest BCUT2D eigenvalue weighted by molar-refractivity contribution is -0.695. The molecule has 5 aromatic carbocycles. The summed E-state index contributed by atoms with van der Waals surface area (Å²) >= 11 is 0. The van der Waals surface area contributed by atoms with Gasteiger partial charge in [0, 0.05) is 24.1 Å². The highest BCUT2D eigenvalue weighted by molar-refractivity contribution is 7.20. The van der Waals surface area contributed by atoms with Crippen LogP contribution in [0.15, 0.2) is 54.7 Å². The molecule has 0 spiro atoms. The fourth-order valence-electron chi connectivity index (χ4n) is 7.99. The van der Waals surface area contributed by atoms with Gasteiger partial charge in [-0.2, -0.15) is 4.57 Å². The van der Waals surface area contributed by atoms with E-state index in [0.717, 1.165) is 6.54 Å². The predicted molar refractivity (Wildman–Crippen MR) is 208 cm³/mol. The Kier molecular flexibility index (Phi) is 17.0. The fraction of sp³-hybridized carbons (Fsp3) is 0.239. The molecule has 0 aliphatic heterocycles. The quantitative estimate of drug-likeness (QED) is 0.0241. The van der Waals surface area contributed by atoms with E-state index in [-0.39, 0.29) is 0 Å². The molecule has 0 fully saturated rings. The molecule has 0 saturated carbocycles. The molecule has 6 aromatic rings. The van der Waals surface area contributed by atoms with E-state index in [0.29, 0.717) is 0 Å². The Morgan fingerprint density at radius 1 is 0.324 bits per heavy atom. The van der Waals surface area contributed by atoms with Crippen molar-refractivity contribution in [2.24, 2.45) is 0 Å². The number of aromatic nitrogens is 1. The molecular weight excluding hydrogens is 957 g/mol. The van der Waals surface area contributed by atoms with Gasteiger partial charge in [-0.15, -0.1) is 21.9 Å². The molecule has 6 rings (SSSR count). The molecule has 68 heavy (non-hydrogen) atoms. The number of rotatable bonds is 15. The third-order valence-corrected chi connectivity index (χ3v) is 11.2. The maximum absolute atomic E-state index is 15.4. The van der Waals surface area contributed by atoms with Gasteiger partial charge in [0.15, 0.2) is 88.2 Å². The summed E-state index contributed by atoms with van der Waals surface area (Å²) in [5.74, 6) is -71.4. The van der Waals surface area contributed by atoms with Crippen molar-refractivity contribution in [3.63, 3.8) is 0 Å². The molecule has 0 radical (unpaired) electrons. The maximum atomic E-state index is 15.4. The van der Waals surface area contributed by atoms with E-state index in [1.165, 1.54) is 69.0 Å². The van der Waals surface area contributed by atoms with Gasteiger partial charge in [0.25, 0.3) is 0 Å². The summed E-state index contributed by atoms with van der Waals surface area (Å²) in [4.78, 5) is 0. The molecule has 0 N–H and O–H groups in total. The van der Waals surface area contributed by atoms with Gasteiger partial charge in [-0.05, 0) is 6.42 Å². The van der Waals surface area contributed by atoms with Crippen LogP contribution in [0.5, 0.6) is 0 Å². The minimum Gasteiger partial charge on any atom is -0.207 e. The molecule has 1 nitrogen and oxygen atoms in total. The van der Waals surface area contributed by atoms with E-state index >= 15 is 35.1 Å². The molecule has 0 aliphatic rings. The number of halogens is 20. The van der Waals surface area contributed by atoms with Crippen molar-refractivity contribution in [1.29, 1.82) is 0 Å². The smallest absolute Gasteiger partial charge is 0.200 e. The summed E-state index contributed by atoms with van der Waals surface area (Å²) in [6.45, 7) is 3.26. The van der Waals surface area contributed by atoms with Crippen molar-refractivity contribution in [2.45, 2.75) is 71.3 Å². The van der Waals surface area contributed by atoms with Crippen molar-refractivity contribution >= 4 is 28.0 Å². The van der Waals surface area contributed by atoms with Crippen LogP contribution in [0.2, 0.25) is 0 Å². The van der Waals surface area contributed by atoms with E-state index < -0.39 is 144 Å². The summed E-state index contributed by atoms with van der Waals surface area (Å²) in [5, 5.41) is 0. The predicted octanol–water partition coefficient (Wildman–Crippen LogP) is 11.6. The van der Waals surface area contributed by atoms with Gasteiger partial charge >= 0.3 is 0 Å². The summed E-state index contributed by atoms with van der Waals surface area (Å²) in [6, 6.07) is 17.3. The molecule has 22 heteroatoms. The van der Waals surface area contributed by atoms with Gasteiger partial charge in [0.1, 0.15) is 52.7 Å². The maximum Gasteiger partial charge on any atom is 0.200 e. The van der Waals surface area contributed by atoms with Crippen LogP contribution in [-0.2, 0) is 13.0 Å². The number of pyridine rings is 1. The number of hydrogen-bond donors (Lipinski definition) is 0. The Balaban J connectivity index is 0.000000314. The Hall–Kier alpha value is -6.09. The first kappa shape index (κ1) is 52.9. The first-order chi connectivity index (χ1) is 32.1. The monoisotopic (exact) mass is 989 g/mol. The average molecular weight is 990 g/mol. The fourth-order valence-corrected chi connectivity index (χ4v) is 7.99. The second-order valence-electron chi connectivity index (χ2n) is 15.3. The zero-order valence-corrected chi connectivity index (χ0v) is 34.9. The number of hydrogen-bond acceptors (Lipinski definition) is 0. The van der Waals surface area contributed by atoms with Crippen LogP contribution in [-0.4, -0.2) is 6.15 Å². The molecule has 364 valence electrons. The second-order valence-corrected chi connectivity index (χ2v) is 15.3. The minimum absolute atomic E-state index is 0.980. The Morgan fingerprint density at radius 2 is 0.603 bits per heavy atom. The lowest BCUT2D eigenvalue weighted by Gasteiger charge is -2.44. The van der Waals surface area contributed by atoms with Crippen LogP contribution in [0.1, 0.15) is 69.5 Å². The Labute approximate surface area is 373 Å². The van der Waals surface area contributed by atoms with E-state index in [4.69, 9.17) is 0 Å². The molecule has 0 bridgehead atoms. The van der Waals surface area contributed by atoms with E-state index in [9.17, 15) is 52.7 Å². The number of unbranched alkanes of at least 4 members (excludes halogenated alkanes) is 7. The lowest BCUT2D eigenvalue weighted by atomic mass is 9.12. The first-order valence-electron chi connectivity index (χ1n) is 20.3. The normalized spacial score (nSPS) is 11.6. The highest BCUT2D eigenvalue weighted by Gasteiger charge is 2.52. The van der Waals surface area contributed by atoms with Crippen LogP contribution in [0.3, 0.4) is 0 Å². The second kappa shape index (κ2) is 21.9. The summed E-state index contributed by atoms with van der Waals surface area (Å²) in [6.07, 6.45) is 7.28. The Morgan fingerprint density at radius 3 is 0.926 bits per heavy atom. The number of aryl methyl sites for hydroxylation is 1. The van der Waals surface area contributed by atoms with Crippen LogP contribution in [0, 0.1) is 116 Å². The molecular formula is C46H32BF20N. The Bertz CT molecular complexity index is 2440. The van der Waals surface area contributed by atoms with E-state index in [1.807, 2.05) is 0 Å². The summed E-state index contributed by atoms with van der Waals surface area (Å²) in [7, 11) is 0. The SMILES string of the molecule is CCCCCCCCCCc1cccc[n+]1Cc1ccccc1.Fc1c(F)c(F)c([B-](c2c(F)c(F)c(F)c(F)c2F)(c2c(F)c(F)c(F)c(F)c2F)c2c(F)c(F)c(F)c(F)c2F)c(F)c1F. The van der Waals surface area contributed by atoms with Gasteiger partial charge in [-0.1, -0.05) is 88.3 Å². The topological polar surface area (TPSA) is 3.88 Å². The zero-order chi connectivity index (χ0) is 50.5. The van der Waals surface area contributed by atoms with Crippen LogP contribution < -0.4 is 26.4 Å². The van der Waals surface area contributed by atoms with Crippen LogP contribution in [0.25, 0.3) is 0 Å². The summed E-state index contributed by atoms with van der Waals surface area (Å²) < 4.78 is 296. The van der Waals surface area contributed by atoms with Crippen LogP contribution in [0.4, 0.5) is 87.8 Å². The molecule has 0 saturated heterocycles. The minimum atomic E-state index is -7.22. The van der Waals surface area contributed by atoms with Crippen molar-refractivity contribution in [3.05, 3.63) is 182 Å². The third-order valence-electron chi connectivity index (χ3n) is 11.2. The van der Waals surface area contributed by atoms with E-state index in [1.54, 1.807) is 0 Å². The van der Waals surface area contributed by atoms with Crippen molar-refractivity contribution < 1.29 is 92.4 Å². The van der Waals surface area contributed by atoms with Crippen molar-refractivity contribution in [2.75, 3.05) is 0 Å². The van der Waals surface area contributed by atoms with Crippen molar-refractivity contribution in [3.8, 4) is 0 Å². The standard InChI is InChI=1S/C24BF20.C22H32N/c26-5-1(6(27)14(35)21(42)13(5)34)25(2-7(28)15(36)22(43)16(37)8(2)29,3-9(30)17(38)23(44)18(39)10(3)31)4-11(32)19(40)24(45)20(41)12(4)33;1-2-3-4-5-6-7-8-12-17-22-18-13-14-19-23(22)20-21-15-10-9-11-16-21/h;9-11,13-16,18-19H,2-8,12,17,20H2,1H3/q-1;+1. The van der Waals surface area contributed by atoms with Crippen LogP contribution >= 0.6 is 0 Å². The molecule has 0 amide bonds. The van der Waals surface area contributed by atoms with Gasteiger partial charge in [-0.25, -0.2) is 87.8 Å². The van der Waals surface area contributed by atoms with Gasteiger partial charge < -0.3 is 0 Å². The van der Waals surface area contributed by atoms with Gasteiger partial charge in [0.05, 0.1) is 0 Å². The summed E-state index contributed by atoms with van der Waals surface area (Å²) in [5.41, 5.74) is -11.5. The molecule has 1 heterocycles. The third kappa shape index (κ3) is 9.64. The number of nitrogens with zero attached hydrogens (tertiary/aromatic N) is 1. The highest BCUT2D eigenvalue weighted by Crippen LogP contribution is 2.31. The van der Waals surface area contributed by atoms with Gasteiger partial charge in [0.2, 0.25) is 0 Å². The largest absolute Gasteiger partial charge is 0.207 e. The molecule has 0 atom stereocenters.